The van der Waals surface area contributed by atoms with E-state index < -0.39 is 5.60 Å². The van der Waals surface area contributed by atoms with Gasteiger partial charge in [0.25, 0.3) is 0 Å². The molecule has 0 radical (unpaired) electrons. The zero-order valence-corrected chi connectivity index (χ0v) is 20.3. The summed E-state index contributed by atoms with van der Waals surface area (Å²) in [7, 11) is 0. The fourth-order valence-electron chi connectivity index (χ4n) is 4.19. The summed E-state index contributed by atoms with van der Waals surface area (Å²) < 4.78 is 5.54. The van der Waals surface area contributed by atoms with Crippen molar-refractivity contribution in [3.05, 3.63) is 34.9 Å². The summed E-state index contributed by atoms with van der Waals surface area (Å²) in [5.74, 6) is 0.796. The third-order valence-corrected chi connectivity index (χ3v) is 6.10. The number of carbonyl (C=O) groups is 1. The van der Waals surface area contributed by atoms with Crippen molar-refractivity contribution >= 4 is 6.09 Å². The fourth-order valence-corrected chi connectivity index (χ4v) is 4.19. The number of piperazine rings is 1. The van der Waals surface area contributed by atoms with E-state index in [0.29, 0.717) is 0 Å². The number of rotatable bonds is 6. The normalized spacial score (nSPS) is 22.5. The number of nitrogens with zero attached hydrogens (tertiary/aromatic N) is 2. The molecule has 1 aliphatic heterocycles. The lowest BCUT2D eigenvalue weighted by atomic mass is 9.95. The van der Waals surface area contributed by atoms with Gasteiger partial charge in [0.15, 0.2) is 0 Å². The summed E-state index contributed by atoms with van der Waals surface area (Å²) in [4.78, 5) is 16.7. The fraction of sp³-hybridized carbons (Fsp3) is 0.731. The molecule has 1 unspecified atom stereocenters. The van der Waals surface area contributed by atoms with Crippen molar-refractivity contribution in [1.82, 2.24) is 9.80 Å². The van der Waals surface area contributed by atoms with Gasteiger partial charge in [0.05, 0.1) is 0 Å². The van der Waals surface area contributed by atoms with E-state index in [-0.39, 0.29) is 6.09 Å². The van der Waals surface area contributed by atoms with E-state index in [4.69, 9.17) is 4.74 Å². The minimum absolute atomic E-state index is 0.178. The standard InChI is InChI=1S/C26H44N2O2/c1-7-8-9-10-11-22(3)24-15-13-21(2)12-14-23(24)20-27-16-18-28(19-17-27)25(29)30-26(4,5)6/h9-11,21H,7-8,12-20H2,1-6H3/b10-9-,22-11+. The van der Waals surface area contributed by atoms with Crippen LogP contribution in [0.5, 0.6) is 0 Å². The summed E-state index contributed by atoms with van der Waals surface area (Å²) in [6.45, 7) is 17.0. The molecule has 0 saturated carbocycles. The second-order valence-corrected chi connectivity index (χ2v) is 10.1. The van der Waals surface area contributed by atoms with Gasteiger partial charge in [-0.25, -0.2) is 4.79 Å². The second kappa shape index (κ2) is 11.7. The molecule has 4 heteroatoms. The summed E-state index contributed by atoms with van der Waals surface area (Å²) in [5.41, 5.74) is 4.19. The maximum absolute atomic E-state index is 12.3. The molecule has 1 atom stereocenters. The van der Waals surface area contributed by atoms with Crippen molar-refractivity contribution in [2.45, 2.75) is 85.7 Å². The van der Waals surface area contributed by atoms with Crippen LogP contribution in [0.25, 0.3) is 0 Å². The summed E-state index contributed by atoms with van der Waals surface area (Å²) in [6.07, 6.45) is 14.0. The molecule has 1 amide bonds. The molecule has 0 aromatic carbocycles. The first kappa shape index (κ1) is 24.7. The van der Waals surface area contributed by atoms with Crippen LogP contribution in [0.3, 0.4) is 0 Å². The number of unbranched alkanes of at least 4 members (excludes halogenated alkanes) is 1. The van der Waals surface area contributed by atoms with Gasteiger partial charge < -0.3 is 9.64 Å². The first-order valence-electron chi connectivity index (χ1n) is 11.9. The lowest BCUT2D eigenvalue weighted by Gasteiger charge is -2.36. The van der Waals surface area contributed by atoms with Crippen molar-refractivity contribution < 1.29 is 9.53 Å². The van der Waals surface area contributed by atoms with Gasteiger partial charge in [0, 0.05) is 32.7 Å². The number of carbonyl (C=O) groups excluding carboxylic acids is 1. The Morgan fingerprint density at radius 2 is 1.80 bits per heavy atom. The summed E-state index contributed by atoms with van der Waals surface area (Å²) >= 11 is 0. The predicted molar refractivity (Wildman–Crippen MR) is 127 cm³/mol. The van der Waals surface area contributed by atoms with Gasteiger partial charge in [-0.3, -0.25) is 4.90 Å². The lowest BCUT2D eigenvalue weighted by Crippen LogP contribution is -2.50. The van der Waals surface area contributed by atoms with Gasteiger partial charge in [0.2, 0.25) is 0 Å². The molecule has 170 valence electrons. The Labute approximate surface area is 185 Å². The summed E-state index contributed by atoms with van der Waals surface area (Å²) in [5, 5.41) is 0. The molecular weight excluding hydrogens is 372 g/mol. The van der Waals surface area contributed by atoms with Crippen LogP contribution in [0, 0.1) is 5.92 Å². The first-order valence-corrected chi connectivity index (χ1v) is 11.9. The van der Waals surface area contributed by atoms with Crippen LogP contribution >= 0.6 is 0 Å². The van der Waals surface area contributed by atoms with Gasteiger partial charge in [-0.2, -0.15) is 0 Å². The van der Waals surface area contributed by atoms with Gasteiger partial charge in [-0.1, -0.05) is 44.1 Å². The Balaban J connectivity index is 2.02. The van der Waals surface area contributed by atoms with Crippen molar-refractivity contribution in [2.75, 3.05) is 32.7 Å². The number of amides is 1. The van der Waals surface area contributed by atoms with Gasteiger partial charge in [-0.15, -0.1) is 0 Å². The van der Waals surface area contributed by atoms with Gasteiger partial charge in [-0.05, 0) is 76.9 Å². The predicted octanol–water partition coefficient (Wildman–Crippen LogP) is 6.35. The highest BCUT2D eigenvalue weighted by Gasteiger charge is 2.27. The van der Waals surface area contributed by atoms with E-state index in [2.05, 4.69) is 43.9 Å². The molecule has 0 spiro atoms. The van der Waals surface area contributed by atoms with Crippen LogP contribution in [0.2, 0.25) is 0 Å². The average molecular weight is 417 g/mol. The number of hydrogen-bond donors (Lipinski definition) is 0. The molecular formula is C26H44N2O2. The van der Waals surface area contributed by atoms with Crippen molar-refractivity contribution in [2.24, 2.45) is 5.92 Å². The highest BCUT2D eigenvalue weighted by Crippen LogP contribution is 2.32. The highest BCUT2D eigenvalue weighted by molar-refractivity contribution is 5.68. The van der Waals surface area contributed by atoms with E-state index in [9.17, 15) is 4.79 Å². The second-order valence-electron chi connectivity index (χ2n) is 10.1. The quantitative estimate of drug-likeness (QED) is 0.473. The monoisotopic (exact) mass is 416 g/mol. The van der Waals surface area contributed by atoms with Crippen LogP contribution in [0.4, 0.5) is 4.79 Å². The van der Waals surface area contributed by atoms with Crippen molar-refractivity contribution in [3.63, 3.8) is 0 Å². The molecule has 30 heavy (non-hydrogen) atoms. The Morgan fingerprint density at radius 1 is 1.13 bits per heavy atom. The van der Waals surface area contributed by atoms with E-state index in [1.165, 1.54) is 37.7 Å². The smallest absolute Gasteiger partial charge is 0.410 e. The van der Waals surface area contributed by atoms with E-state index >= 15 is 0 Å². The van der Waals surface area contributed by atoms with Crippen molar-refractivity contribution in [1.29, 1.82) is 0 Å². The molecule has 1 saturated heterocycles. The lowest BCUT2D eigenvalue weighted by molar-refractivity contribution is 0.0152. The SMILES string of the molecule is CCC/C=C\C=C(/C)C1=C(CN2CCN(C(=O)OC(C)(C)C)CC2)CCC(C)CC1. The third-order valence-electron chi connectivity index (χ3n) is 6.10. The number of hydrogen-bond acceptors (Lipinski definition) is 3. The van der Waals surface area contributed by atoms with Crippen LogP contribution in [-0.4, -0.2) is 54.2 Å². The molecule has 0 bridgehead atoms. The maximum atomic E-state index is 12.3. The Hall–Kier alpha value is -1.55. The highest BCUT2D eigenvalue weighted by atomic mass is 16.6. The molecule has 0 N–H and O–H groups in total. The van der Waals surface area contributed by atoms with Gasteiger partial charge >= 0.3 is 6.09 Å². The molecule has 1 heterocycles. The molecule has 4 nitrogen and oxygen atoms in total. The van der Waals surface area contributed by atoms with Crippen molar-refractivity contribution in [3.8, 4) is 0 Å². The Kier molecular flexibility index (Phi) is 9.67. The molecule has 0 aromatic heterocycles. The molecule has 0 aromatic rings. The van der Waals surface area contributed by atoms with Crippen LogP contribution in [0.15, 0.2) is 34.9 Å². The van der Waals surface area contributed by atoms with Crippen LogP contribution in [0.1, 0.15) is 80.1 Å². The minimum Gasteiger partial charge on any atom is -0.444 e. The number of allylic oxidation sites excluding steroid dienone is 5. The average Bonchev–Trinajstić information content (AvgIpc) is 2.86. The molecule has 1 fully saturated rings. The molecule has 2 aliphatic rings. The van der Waals surface area contributed by atoms with Gasteiger partial charge in [0.1, 0.15) is 5.60 Å². The molecule has 1 aliphatic carbocycles. The molecule has 2 rings (SSSR count). The third kappa shape index (κ3) is 8.29. The topological polar surface area (TPSA) is 32.8 Å². The maximum Gasteiger partial charge on any atom is 0.410 e. The largest absolute Gasteiger partial charge is 0.444 e. The summed E-state index contributed by atoms with van der Waals surface area (Å²) in [6, 6.07) is 0. The minimum atomic E-state index is -0.430. The van der Waals surface area contributed by atoms with E-state index in [1.807, 2.05) is 25.7 Å². The zero-order chi connectivity index (χ0) is 22.1. The zero-order valence-electron chi connectivity index (χ0n) is 20.3. The van der Waals surface area contributed by atoms with Crippen LogP contribution in [-0.2, 0) is 4.74 Å². The van der Waals surface area contributed by atoms with E-state index in [0.717, 1.165) is 45.1 Å². The number of ether oxygens (including phenoxy) is 1. The van der Waals surface area contributed by atoms with Crippen LogP contribution < -0.4 is 0 Å². The first-order chi connectivity index (χ1) is 14.2. The Morgan fingerprint density at radius 3 is 2.43 bits per heavy atom. The Bertz CT molecular complexity index is 646. The van der Waals surface area contributed by atoms with E-state index in [1.54, 1.807) is 11.1 Å².